The summed E-state index contributed by atoms with van der Waals surface area (Å²) >= 11 is 0. The minimum atomic E-state index is -0.687. The van der Waals surface area contributed by atoms with Gasteiger partial charge in [-0.3, -0.25) is 4.79 Å². The van der Waals surface area contributed by atoms with Crippen LogP contribution in [0.3, 0.4) is 0 Å². The predicted molar refractivity (Wildman–Crippen MR) is 92.0 cm³/mol. The van der Waals surface area contributed by atoms with E-state index in [1.807, 2.05) is 0 Å². The van der Waals surface area contributed by atoms with Crippen molar-refractivity contribution in [1.82, 2.24) is 0 Å². The molecule has 4 aliphatic rings. The first kappa shape index (κ1) is 15.5. The number of fused-ring (bicyclic) bond motifs is 5. The Labute approximate surface area is 140 Å². The normalized spacial score (nSPS) is 45.4. The molecule has 2 saturated carbocycles. The molecular weight excluding hydrogens is 284 g/mol. The fourth-order valence-electron chi connectivity index (χ4n) is 6.71. The van der Waals surface area contributed by atoms with Crippen molar-refractivity contribution >= 4 is 5.97 Å². The van der Waals surface area contributed by atoms with Gasteiger partial charge in [0.2, 0.25) is 0 Å². The van der Waals surface area contributed by atoms with Crippen LogP contribution >= 0.6 is 0 Å². The van der Waals surface area contributed by atoms with Crippen molar-refractivity contribution in [2.75, 3.05) is 0 Å². The first-order valence-corrected chi connectivity index (χ1v) is 9.54. The zero-order chi connectivity index (χ0) is 16.2. The van der Waals surface area contributed by atoms with E-state index in [1.54, 1.807) is 0 Å². The van der Waals surface area contributed by atoms with E-state index in [2.05, 4.69) is 26.0 Å². The van der Waals surface area contributed by atoms with Crippen molar-refractivity contribution in [3.63, 3.8) is 0 Å². The summed E-state index contributed by atoms with van der Waals surface area (Å²) in [5.74, 6) is 1.94. The highest BCUT2D eigenvalue weighted by Gasteiger charge is 2.55. The van der Waals surface area contributed by atoms with Crippen LogP contribution in [0.25, 0.3) is 0 Å². The van der Waals surface area contributed by atoms with Crippen molar-refractivity contribution in [3.8, 4) is 0 Å². The molecule has 5 atom stereocenters. The summed E-state index contributed by atoms with van der Waals surface area (Å²) < 4.78 is 0. The molecule has 0 aliphatic heterocycles. The molecule has 2 nitrogen and oxygen atoms in total. The molecule has 2 heteroatoms. The molecule has 4 rings (SSSR count). The lowest BCUT2D eigenvalue weighted by Gasteiger charge is -2.56. The second-order valence-electron chi connectivity index (χ2n) is 9.15. The van der Waals surface area contributed by atoms with Crippen LogP contribution in [0.4, 0.5) is 0 Å². The Morgan fingerprint density at radius 3 is 2.83 bits per heavy atom. The van der Waals surface area contributed by atoms with E-state index in [9.17, 15) is 4.79 Å². The zero-order valence-corrected chi connectivity index (χ0v) is 14.6. The lowest BCUT2D eigenvalue weighted by atomic mass is 9.48. The van der Waals surface area contributed by atoms with Crippen molar-refractivity contribution < 1.29 is 9.90 Å². The first-order chi connectivity index (χ1) is 10.9. The summed E-state index contributed by atoms with van der Waals surface area (Å²) in [7, 11) is 0. The molecule has 0 spiro atoms. The standard InChI is InChI=1S/C21H30O2/c1-20-9-3-4-17(20)16-6-5-15-12-14(13-19(22)23)7-11-21(15,2)18(16)8-10-20/h5,12,16-18H,3-4,6-11,13H2,1-2H3,(H,22,23)/t16-,17-,18-,20-,21-/m0/s1. The molecule has 0 unspecified atom stereocenters. The minimum absolute atomic E-state index is 0.224. The molecule has 4 aliphatic carbocycles. The van der Waals surface area contributed by atoms with E-state index in [4.69, 9.17) is 5.11 Å². The number of carboxylic acids is 1. The van der Waals surface area contributed by atoms with E-state index >= 15 is 0 Å². The van der Waals surface area contributed by atoms with E-state index in [-0.39, 0.29) is 6.42 Å². The lowest BCUT2D eigenvalue weighted by molar-refractivity contribution is -0.136. The Morgan fingerprint density at radius 1 is 1.22 bits per heavy atom. The monoisotopic (exact) mass is 314 g/mol. The molecule has 0 aromatic carbocycles. The summed E-state index contributed by atoms with van der Waals surface area (Å²) in [6.45, 7) is 5.02. The number of aliphatic carboxylic acids is 1. The van der Waals surface area contributed by atoms with Gasteiger partial charge in [0, 0.05) is 0 Å². The average Bonchev–Trinajstić information content (AvgIpc) is 2.89. The molecule has 0 saturated heterocycles. The molecule has 2 fully saturated rings. The number of carboxylic acid groups (broad SMARTS) is 1. The Balaban J connectivity index is 1.65. The molecule has 0 amide bonds. The van der Waals surface area contributed by atoms with Crippen molar-refractivity contribution in [2.45, 2.75) is 71.6 Å². The zero-order valence-electron chi connectivity index (χ0n) is 14.6. The second-order valence-corrected chi connectivity index (χ2v) is 9.15. The summed E-state index contributed by atoms with van der Waals surface area (Å²) in [6, 6.07) is 0. The quantitative estimate of drug-likeness (QED) is 0.746. The molecule has 0 aromatic rings. The lowest BCUT2D eigenvalue weighted by Crippen LogP contribution is -2.47. The van der Waals surface area contributed by atoms with Gasteiger partial charge in [-0.1, -0.05) is 38.0 Å². The first-order valence-electron chi connectivity index (χ1n) is 9.54. The van der Waals surface area contributed by atoms with Gasteiger partial charge < -0.3 is 5.11 Å². The van der Waals surface area contributed by atoms with Crippen molar-refractivity contribution in [3.05, 3.63) is 23.3 Å². The van der Waals surface area contributed by atoms with Crippen LogP contribution in [0.15, 0.2) is 23.3 Å². The Bertz CT molecular complexity index is 587. The number of hydrogen-bond acceptors (Lipinski definition) is 1. The fourth-order valence-corrected chi connectivity index (χ4v) is 6.71. The van der Waals surface area contributed by atoms with E-state index < -0.39 is 5.97 Å². The molecule has 0 aromatic heterocycles. The van der Waals surface area contributed by atoms with Gasteiger partial charge in [-0.2, -0.15) is 0 Å². The van der Waals surface area contributed by atoms with Crippen LogP contribution < -0.4 is 0 Å². The van der Waals surface area contributed by atoms with Crippen LogP contribution in [0, 0.1) is 28.6 Å². The SMILES string of the molecule is C[C@@]12CCC[C@H]1[C@@H]1CC=C3C=C(CC(=O)O)CC[C@]3(C)[C@H]1CC2. The minimum Gasteiger partial charge on any atom is -0.481 e. The summed E-state index contributed by atoms with van der Waals surface area (Å²) in [5, 5.41) is 9.08. The molecule has 1 N–H and O–H groups in total. The van der Waals surface area contributed by atoms with Crippen LogP contribution in [-0.4, -0.2) is 11.1 Å². The van der Waals surface area contributed by atoms with Gasteiger partial charge in [0.05, 0.1) is 6.42 Å². The Kier molecular flexibility index (Phi) is 3.52. The van der Waals surface area contributed by atoms with Gasteiger partial charge in [-0.15, -0.1) is 0 Å². The van der Waals surface area contributed by atoms with Crippen LogP contribution in [0.2, 0.25) is 0 Å². The maximum atomic E-state index is 11.0. The highest BCUT2D eigenvalue weighted by Crippen LogP contribution is 2.64. The largest absolute Gasteiger partial charge is 0.481 e. The number of carbonyl (C=O) groups is 1. The molecule has 0 heterocycles. The Morgan fingerprint density at radius 2 is 2.04 bits per heavy atom. The molecular formula is C21H30O2. The summed E-state index contributed by atoms with van der Waals surface area (Å²) in [5.41, 5.74) is 3.50. The number of rotatable bonds is 2. The third kappa shape index (κ3) is 2.32. The Hall–Kier alpha value is -1.05. The highest BCUT2D eigenvalue weighted by molar-refractivity contribution is 5.70. The van der Waals surface area contributed by atoms with Crippen molar-refractivity contribution in [2.24, 2.45) is 28.6 Å². The van der Waals surface area contributed by atoms with E-state index in [0.717, 1.165) is 36.2 Å². The maximum Gasteiger partial charge on any atom is 0.307 e. The van der Waals surface area contributed by atoms with E-state index in [1.165, 1.54) is 44.1 Å². The highest BCUT2D eigenvalue weighted by atomic mass is 16.4. The maximum absolute atomic E-state index is 11.0. The fraction of sp³-hybridized carbons (Fsp3) is 0.762. The van der Waals surface area contributed by atoms with Crippen LogP contribution in [-0.2, 0) is 4.79 Å². The van der Waals surface area contributed by atoms with Gasteiger partial charge >= 0.3 is 5.97 Å². The number of hydrogen-bond donors (Lipinski definition) is 1. The van der Waals surface area contributed by atoms with Crippen LogP contribution in [0.5, 0.6) is 0 Å². The second kappa shape index (κ2) is 5.22. The van der Waals surface area contributed by atoms with Gasteiger partial charge in [-0.05, 0) is 79.1 Å². The summed E-state index contributed by atoms with van der Waals surface area (Å²) in [6.07, 6.45) is 15.4. The van der Waals surface area contributed by atoms with Gasteiger partial charge in [0.25, 0.3) is 0 Å². The smallest absolute Gasteiger partial charge is 0.307 e. The molecule has 23 heavy (non-hydrogen) atoms. The predicted octanol–water partition coefficient (Wildman–Crippen LogP) is 5.35. The average molecular weight is 314 g/mol. The van der Waals surface area contributed by atoms with E-state index in [0.29, 0.717) is 10.8 Å². The molecule has 126 valence electrons. The molecule has 0 bridgehead atoms. The third-order valence-corrected chi connectivity index (χ3v) is 8.01. The van der Waals surface area contributed by atoms with Gasteiger partial charge in [-0.25, -0.2) is 0 Å². The topological polar surface area (TPSA) is 37.3 Å². The summed E-state index contributed by atoms with van der Waals surface area (Å²) in [4.78, 5) is 11.0. The van der Waals surface area contributed by atoms with Crippen LogP contribution in [0.1, 0.15) is 71.6 Å². The van der Waals surface area contributed by atoms with Crippen molar-refractivity contribution in [1.29, 1.82) is 0 Å². The van der Waals surface area contributed by atoms with Gasteiger partial charge in [0.15, 0.2) is 0 Å². The third-order valence-electron chi connectivity index (χ3n) is 8.01. The number of allylic oxidation sites excluding steroid dienone is 3. The van der Waals surface area contributed by atoms with Gasteiger partial charge in [0.1, 0.15) is 0 Å². The molecule has 0 radical (unpaired) electrons.